The fourth-order valence-electron chi connectivity index (χ4n) is 7.77. The number of halogens is 1. The molecule has 0 radical (unpaired) electrons. The van der Waals surface area contributed by atoms with Crippen LogP contribution >= 0.6 is 11.6 Å². The van der Waals surface area contributed by atoms with Crippen LogP contribution < -0.4 is 20.1 Å². The summed E-state index contributed by atoms with van der Waals surface area (Å²) in [4.78, 5) is 68.8. The van der Waals surface area contributed by atoms with Gasteiger partial charge in [-0.05, 0) is 55.1 Å². The minimum atomic E-state index is -1.53. The lowest BCUT2D eigenvalue weighted by atomic mass is 9.85. The van der Waals surface area contributed by atoms with Crippen LogP contribution in [0.5, 0.6) is 11.5 Å². The van der Waals surface area contributed by atoms with Crippen molar-refractivity contribution < 1.29 is 38.5 Å². The molecule has 15 heteroatoms. The van der Waals surface area contributed by atoms with Gasteiger partial charge in [-0.1, -0.05) is 38.4 Å². The van der Waals surface area contributed by atoms with E-state index in [0.717, 1.165) is 12.8 Å². The highest BCUT2D eigenvalue weighted by Gasteiger charge is 2.61. The number of aliphatic carboxylic acids is 1. The summed E-state index contributed by atoms with van der Waals surface area (Å²) < 4.78 is 17.8. The molecule has 1 aliphatic heterocycles. The molecule has 7 rings (SSSR count). The van der Waals surface area contributed by atoms with Gasteiger partial charge in [-0.15, -0.1) is 6.58 Å². The van der Waals surface area contributed by atoms with Crippen LogP contribution in [0.25, 0.3) is 22.3 Å². The maximum atomic E-state index is 14.6. The number of ether oxygens (including phenoxy) is 3. The Kier molecular flexibility index (Phi) is 9.46. The van der Waals surface area contributed by atoms with Crippen molar-refractivity contribution in [2.24, 2.45) is 23.2 Å². The van der Waals surface area contributed by atoms with E-state index in [4.69, 9.17) is 30.8 Å². The number of carbonyl (C=O) groups is 4. The number of hydrogen-bond donors (Lipinski definition) is 3. The first-order chi connectivity index (χ1) is 25.2. The first kappa shape index (κ1) is 36.4. The van der Waals surface area contributed by atoms with Crippen molar-refractivity contribution >= 4 is 46.4 Å². The van der Waals surface area contributed by atoms with Crippen molar-refractivity contribution in [1.29, 1.82) is 0 Å². The smallest absolute Gasteiger partial charge is 0.408 e. The number of aromatic nitrogens is 3. The molecule has 3 aliphatic carbocycles. The van der Waals surface area contributed by atoms with Crippen LogP contribution in [0, 0.1) is 23.2 Å². The largest absolute Gasteiger partial charge is 0.495 e. The highest BCUT2D eigenvalue weighted by molar-refractivity contribution is 6.36. The van der Waals surface area contributed by atoms with E-state index < -0.39 is 58.9 Å². The molecule has 3 aromatic rings. The second-order valence-electron chi connectivity index (χ2n) is 15.6. The molecule has 3 heterocycles. The number of carboxylic acid groups (broad SMARTS) is 1. The summed E-state index contributed by atoms with van der Waals surface area (Å²) in [5, 5.41) is 16.4. The van der Waals surface area contributed by atoms with Crippen molar-refractivity contribution in [3.8, 4) is 22.9 Å². The molecular formula is C38H43ClN6O8. The van der Waals surface area contributed by atoms with Crippen molar-refractivity contribution in [3.63, 3.8) is 0 Å². The molecule has 280 valence electrons. The molecule has 0 spiro atoms. The molecule has 1 unspecified atom stereocenters. The van der Waals surface area contributed by atoms with E-state index in [1.807, 2.05) is 20.8 Å². The maximum Gasteiger partial charge on any atom is 0.408 e. The third kappa shape index (κ3) is 7.08. The summed E-state index contributed by atoms with van der Waals surface area (Å²) in [5.41, 5.74) is -1.06. The van der Waals surface area contributed by atoms with E-state index in [2.05, 4.69) is 27.2 Å². The number of likely N-dealkylation sites (tertiary alicyclic amines) is 1. The number of hydrogen-bond acceptors (Lipinski definition) is 10. The molecule has 4 fully saturated rings. The van der Waals surface area contributed by atoms with Crippen LogP contribution in [0.1, 0.15) is 52.9 Å². The molecule has 0 bridgehead atoms. The fraction of sp³-hybridized carbons (Fsp3) is 0.500. The van der Waals surface area contributed by atoms with Crippen LogP contribution in [0.4, 0.5) is 4.79 Å². The van der Waals surface area contributed by atoms with E-state index in [9.17, 15) is 24.3 Å². The fourth-order valence-corrected chi connectivity index (χ4v) is 8.06. The van der Waals surface area contributed by atoms with Gasteiger partial charge in [0, 0.05) is 36.2 Å². The van der Waals surface area contributed by atoms with Gasteiger partial charge in [0.25, 0.3) is 0 Å². The highest BCUT2D eigenvalue weighted by Crippen LogP contribution is 2.52. The maximum absolute atomic E-state index is 14.6. The lowest BCUT2D eigenvalue weighted by Crippen LogP contribution is -2.59. The normalized spacial score (nSPS) is 27.7. The molecule has 14 nitrogen and oxygen atoms in total. The average molecular weight is 747 g/mol. The number of benzene rings is 1. The first-order valence-corrected chi connectivity index (χ1v) is 18.2. The number of rotatable bonds is 11. The van der Waals surface area contributed by atoms with Crippen molar-refractivity contribution in [3.05, 3.63) is 54.5 Å². The van der Waals surface area contributed by atoms with Crippen LogP contribution in [-0.2, 0) is 19.1 Å². The van der Waals surface area contributed by atoms with Crippen molar-refractivity contribution in [2.75, 3.05) is 13.7 Å². The topological polar surface area (TPSA) is 182 Å². The lowest BCUT2D eigenvalue weighted by Gasteiger charge is -2.35. The average Bonchev–Trinajstić information content (AvgIpc) is 3.94. The minimum absolute atomic E-state index is 0.0202. The Bertz CT molecular complexity index is 1960. The van der Waals surface area contributed by atoms with Gasteiger partial charge in [-0.2, -0.15) is 0 Å². The van der Waals surface area contributed by atoms with Gasteiger partial charge in [0.05, 0.1) is 31.1 Å². The quantitative estimate of drug-likeness (QED) is 0.230. The molecule has 4 aliphatic rings. The molecule has 3 saturated carbocycles. The Morgan fingerprint density at radius 3 is 2.45 bits per heavy atom. The molecular weight excluding hydrogens is 704 g/mol. The van der Waals surface area contributed by atoms with E-state index >= 15 is 0 Å². The summed E-state index contributed by atoms with van der Waals surface area (Å²) in [6.45, 7) is 9.10. The monoisotopic (exact) mass is 746 g/mol. The highest BCUT2D eigenvalue weighted by atomic mass is 35.5. The first-order valence-electron chi connectivity index (χ1n) is 17.8. The van der Waals surface area contributed by atoms with Crippen molar-refractivity contribution in [2.45, 2.75) is 82.7 Å². The summed E-state index contributed by atoms with van der Waals surface area (Å²) in [5.74, 6) is -0.869. The predicted molar refractivity (Wildman–Crippen MR) is 193 cm³/mol. The zero-order chi connectivity index (χ0) is 37.8. The molecule has 8 atom stereocenters. The van der Waals surface area contributed by atoms with Gasteiger partial charge in [0.1, 0.15) is 52.0 Å². The third-order valence-corrected chi connectivity index (χ3v) is 11.3. The van der Waals surface area contributed by atoms with Gasteiger partial charge >= 0.3 is 12.1 Å². The Morgan fingerprint density at radius 1 is 1.08 bits per heavy atom. The predicted octanol–water partition coefficient (Wildman–Crippen LogP) is 4.79. The number of fused-ring (bicyclic) bond motifs is 2. The standard InChI is InChI=1S/C38H43ClN6O8/c1-6-21-16-38(21,35(48)49)44-33(46)27-14-23(18-45(27)34(47)32(37(2,3)4)43-36(50)53-22-12-19-11-20(19)13-22)52-29-15-25(26-17-40-9-10-41-26)42-31-24(29)7-8-28(51-5)30(31)39/h6-10,15,17,19-23,27,32H,1,11-14,16,18H2,2-5H3,(H,43,50)(H,44,46)(H,48,49)/t19-,20+,21-,22?,23-,27+,32-,38-/m1/s1. The van der Waals surface area contributed by atoms with Crippen LogP contribution in [0.2, 0.25) is 5.02 Å². The number of carboxylic acids is 1. The van der Waals surface area contributed by atoms with Gasteiger partial charge in [-0.3, -0.25) is 19.6 Å². The Labute approximate surface area is 311 Å². The number of nitrogens with zero attached hydrogens (tertiary/aromatic N) is 4. The summed E-state index contributed by atoms with van der Waals surface area (Å²) in [7, 11) is 1.50. The Hall–Kier alpha value is -4.98. The zero-order valence-corrected chi connectivity index (χ0v) is 30.8. The van der Waals surface area contributed by atoms with E-state index in [0.29, 0.717) is 45.6 Å². The number of amides is 3. The summed E-state index contributed by atoms with van der Waals surface area (Å²) in [6.07, 6.45) is 7.48. The van der Waals surface area contributed by atoms with Crippen LogP contribution in [-0.4, -0.2) is 92.3 Å². The molecule has 53 heavy (non-hydrogen) atoms. The second-order valence-corrected chi connectivity index (χ2v) is 15.9. The van der Waals surface area contributed by atoms with E-state index in [1.54, 1.807) is 24.4 Å². The van der Waals surface area contributed by atoms with Crippen LogP contribution in [0.15, 0.2) is 49.4 Å². The van der Waals surface area contributed by atoms with Gasteiger partial charge in [0.15, 0.2) is 0 Å². The molecule has 1 aromatic carbocycles. The summed E-state index contributed by atoms with van der Waals surface area (Å²) >= 11 is 6.73. The Balaban J connectivity index is 1.20. The van der Waals surface area contributed by atoms with Crippen molar-refractivity contribution in [1.82, 2.24) is 30.5 Å². The third-order valence-electron chi connectivity index (χ3n) is 10.9. The molecule has 3 N–H and O–H groups in total. The second kappa shape index (κ2) is 13.8. The number of alkyl carbamates (subject to hydrolysis) is 1. The van der Waals surface area contributed by atoms with E-state index in [-0.39, 0.29) is 30.5 Å². The van der Waals surface area contributed by atoms with E-state index in [1.165, 1.54) is 36.9 Å². The van der Waals surface area contributed by atoms with Gasteiger partial charge < -0.3 is 34.9 Å². The SMILES string of the molecule is C=C[C@@H]1C[C@]1(NC(=O)[C@@H]1C[C@@H](Oc2cc(-c3cnccn3)nc3c(Cl)c(OC)ccc23)CN1C(=O)[C@@H](NC(=O)OC1C[C@@H]2C[C@@H]2C1)C(C)(C)C)C(=O)O. The lowest BCUT2D eigenvalue weighted by molar-refractivity contribution is -0.146. The minimum Gasteiger partial charge on any atom is -0.495 e. The summed E-state index contributed by atoms with van der Waals surface area (Å²) in [6, 6.07) is 2.92. The van der Waals surface area contributed by atoms with Crippen LogP contribution in [0.3, 0.4) is 0 Å². The number of methoxy groups -OCH3 is 1. The Morgan fingerprint density at radius 2 is 1.83 bits per heavy atom. The zero-order valence-electron chi connectivity index (χ0n) is 30.0. The molecule has 3 amide bonds. The number of carbonyl (C=O) groups excluding carboxylic acids is 3. The molecule has 1 saturated heterocycles. The number of nitrogens with one attached hydrogen (secondary N) is 2. The van der Waals surface area contributed by atoms with Gasteiger partial charge in [-0.25, -0.2) is 14.6 Å². The van der Waals surface area contributed by atoms with Gasteiger partial charge in [0.2, 0.25) is 11.8 Å². The number of pyridine rings is 1. The molecule has 2 aromatic heterocycles.